The number of anilines is 1. The fourth-order valence-corrected chi connectivity index (χ4v) is 2.02. The number of nitrogens with one attached hydrogen (secondary N) is 1. The van der Waals surface area contributed by atoms with Crippen molar-refractivity contribution in [2.75, 3.05) is 19.4 Å². The molecule has 1 atom stereocenters. The van der Waals surface area contributed by atoms with Crippen LogP contribution in [0.15, 0.2) is 54.7 Å². The smallest absolute Gasteiger partial charge is 0.127 e. The minimum atomic E-state index is -0.171. The average Bonchev–Trinajstić information content (AvgIpc) is 2.40. The number of aromatic nitrogens is 1. The van der Waals surface area contributed by atoms with Crippen LogP contribution in [0, 0.1) is 0 Å². The molecular weight excluding hydrogens is 234 g/mol. The molecule has 0 aliphatic rings. The van der Waals surface area contributed by atoms with Gasteiger partial charge in [-0.15, -0.1) is 0 Å². The summed E-state index contributed by atoms with van der Waals surface area (Å²) in [5.41, 5.74) is 1.14. The lowest BCUT2D eigenvalue weighted by Crippen LogP contribution is -2.50. The molecule has 0 amide bonds. The summed E-state index contributed by atoms with van der Waals surface area (Å²) in [6, 6.07) is 16.4. The second-order valence-corrected chi connectivity index (χ2v) is 5.17. The molecule has 0 saturated heterocycles. The molecule has 3 nitrogen and oxygen atoms in total. The van der Waals surface area contributed by atoms with Crippen LogP contribution in [0.4, 0.5) is 5.82 Å². The maximum absolute atomic E-state index is 4.35. The van der Waals surface area contributed by atoms with Crippen LogP contribution in [-0.2, 0) is 6.42 Å². The van der Waals surface area contributed by atoms with E-state index in [2.05, 4.69) is 60.5 Å². The summed E-state index contributed by atoms with van der Waals surface area (Å²) in [7, 11) is 4.16. The van der Waals surface area contributed by atoms with Crippen molar-refractivity contribution in [1.29, 1.82) is 0 Å². The van der Waals surface area contributed by atoms with E-state index >= 15 is 0 Å². The van der Waals surface area contributed by atoms with Gasteiger partial charge in [-0.1, -0.05) is 36.4 Å². The second-order valence-electron chi connectivity index (χ2n) is 5.17. The van der Waals surface area contributed by atoms with Crippen LogP contribution in [0.25, 0.3) is 0 Å². The van der Waals surface area contributed by atoms with Gasteiger partial charge >= 0.3 is 0 Å². The minimum Gasteiger partial charge on any atom is -0.352 e. The van der Waals surface area contributed by atoms with Crippen LogP contribution in [0.2, 0.25) is 0 Å². The predicted octanol–water partition coefficient (Wildman–Crippen LogP) is 3.01. The summed E-state index contributed by atoms with van der Waals surface area (Å²) in [4.78, 5) is 6.54. The van der Waals surface area contributed by atoms with Crippen molar-refractivity contribution < 1.29 is 0 Å². The first-order valence-corrected chi connectivity index (χ1v) is 6.51. The van der Waals surface area contributed by atoms with Crippen molar-refractivity contribution in [2.45, 2.75) is 19.0 Å². The van der Waals surface area contributed by atoms with E-state index < -0.39 is 0 Å². The van der Waals surface area contributed by atoms with Gasteiger partial charge in [0.1, 0.15) is 5.82 Å². The van der Waals surface area contributed by atoms with E-state index in [0.29, 0.717) is 0 Å². The van der Waals surface area contributed by atoms with Gasteiger partial charge in [0.25, 0.3) is 0 Å². The van der Waals surface area contributed by atoms with Crippen molar-refractivity contribution >= 4 is 5.82 Å². The first kappa shape index (κ1) is 13.6. The highest BCUT2D eigenvalue weighted by Crippen LogP contribution is 2.20. The number of nitrogens with zero attached hydrogens (tertiary/aromatic N) is 2. The van der Waals surface area contributed by atoms with E-state index in [1.165, 1.54) is 5.56 Å². The Kier molecular flexibility index (Phi) is 4.17. The molecule has 0 saturated carbocycles. The number of pyridine rings is 1. The Balaban J connectivity index is 2.18. The maximum Gasteiger partial charge on any atom is 0.127 e. The topological polar surface area (TPSA) is 28.2 Å². The molecule has 1 N–H and O–H groups in total. The van der Waals surface area contributed by atoms with Crippen LogP contribution in [0.3, 0.4) is 0 Å². The van der Waals surface area contributed by atoms with Crippen molar-refractivity contribution in [3.8, 4) is 0 Å². The standard InChI is InChI=1S/C16H21N3/c1-16(19(2)3,13-14-9-5-4-6-10-14)18-15-11-7-8-12-17-15/h4-12H,13H2,1-3H3,(H,17,18). The molecule has 1 aromatic heterocycles. The van der Waals surface area contributed by atoms with Gasteiger partial charge < -0.3 is 5.32 Å². The van der Waals surface area contributed by atoms with Gasteiger partial charge in [-0.3, -0.25) is 4.90 Å². The fraction of sp³-hybridized carbons (Fsp3) is 0.312. The first-order valence-electron chi connectivity index (χ1n) is 6.51. The van der Waals surface area contributed by atoms with Gasteiger partial charge in [-0.05, 0) is 38.7 Å². The average molecular weight is 255 g/mol. The molecular formula is C16H21N3. The molecule has 0 aliphatic heterocycles. The number of benzene rings is 1. The largest absolute Gasteiger partial charge is 0.352 e. The van der Waals surface area contributed by atoms with Crippen LogP contribution in [-0.4, -0.2) is 29.6 Å². The maximum atomic E-state index is 4.35. The molecule has 0 bridgehead atoms. The summed E-state index contributed by atoms with van der Waals surface area (Å²) in [5, 5.41) is 3.52. The normalized spacial score (nSPS) is 14.1. The van der Waals surface area contributed by atoms with Crippen molar-refractivity contribution in [3.63, 3.8) is 0 Å². The fourth-order valence-electron chi connectivity index (χ4n) is 2.02. The first-order chi connectivity index (χ1) is 9.10. The lowest BCUT2D eigenvalue weighted by Gasteiger charge is -2.38. The highest BCUT2D eigenvalue weighted by Gasteiger charge is 2.27. The van der Waals surface area contributed by atoms with Crippen molar-refractivity contribution in [3.05, 3.63) is 60.3 Å². The van der Waals surface area contributed by atoms with Gasteiger partial charge in [-0.25, -0.2) is 4.98 Å². The zero-order valence-corrected chi connectivity index (χ0v) is 11.8. The molecule has 2 rings (SSSR count). The molecule has 0 spiro atoms. The molecule has 0 radical (unpaired) electrons. The van der Waals surface area contributed by atoms with Crippen molar-refractivity contribution in [2.24, 2.45) is 0 Å². The molecule has 19 heavy (non-hydrogen) atoms. The van der Waals surface area contributed by atoms with Crippen LogP contribution in [0.5, 0.6) is 0 Å². The predicted molar refractivity (Wildman–Crippen MR) is 80.1 cm³/mol. The molecule has 1 heterocycles. The van der Waals surface area contributed by atoms with Gasteiger partial charge in [-0.2, -0.15) is 0 Å². The number of hydrogen-bond acceptors (Lipinski definition) is 3. The number of likely N-dealkylation sites (N-methyl/N-ethyl adjacent to an activating group) is 1. The Morgan fingerprint density at radius 2 is 1.74 bits per heavy atom. The molecule has 0 fully saturated rings. The second kappa shape index (κ2) is 5.85. The van der Waals surface area contributed by atoms with E-state index in [4.69, 9.17) is 0 Å². The van der Waals surface area contributed by atoms with E-state index in [1.54, 1.807) is 6.20 Å². The van der Waals surface area contributed by atoms with E-state index in [9.17, 15) is 0 Å². The van der Waals surface area contributed by atoms with Crippen molar-refractivity contribution in [1.82, 2.24) is 9.88 Å². The summed E-state index contributed by atoms with van der Waals surface area (Å²) in [6.45, 7) is 2.19. The Bertz CT molecular complexity index is 452. The SMILES string of the molecule is CN(C)C(C)(Cc1ccccc1)Nc1ccccn1. The lowest BCUT2D eigenvalue weighted by atomic mass is 10.00. The summed E-state index contributed by atoms with van der Waals surface area (Å²) in [6.07, 6.45) is 2.72. The molecule has 1 unspecified atom stereocenters. The summed E-state index contributed by atoms with van der Waals surface area (Å²) < 4.78 is 0. The monoisotopic (exact) mass is 255 g/mol. The van der Waals surface area contributed by atoms with Gasteiger partial charge in [0.2, 0.25) is 0 Å². The molecule has 1 aromatic carbocycles. The Labute approximate surface area is 115 Å². The van der Waals surface area contributed by atoms with Gasteiger partial charge in [0.15, 0.2) is 0 Å². The Morgan fingerprint density at radius 1 is 1.05 bits per heavy atom. The highest BCUT2D eigenvalue weighted by molar-refractivity contribution is 5.37. The molecule has 3 heteroatoms. The van der Waals surface area contributed by atoms with Crippen LogP contribution >= 0.6 is 0 Å². The highest BCUT2D eigenvalue weighted by atomic mass is 15.3. The summed E-state index contributed by atoms with van der Waals surface area (Å²) in [5.74, 6) is 0.898. The zero-order valence-electron chi connectivity index (χ0n) is 11.8. The van der Waals surface area contributed by atoms with Crippen LogP contribution in [0.1, 0.15) is 12.5 Å². The molecule has 0 aliphatic carbocycles. The quantitative estimate of drug-likeness (QED) is 0.832. The molecule has 2 aromatic rings. The Hall–Kier alpha value is -1.87. The van der Waals surface area contributed by atoms with E-state index in [-0.39, 0.29) is 5.66 Å². The van der Waals surface area contributed by atoms with Crippen LogP contribution < -0.4 is 5.32 Å². The third-order valence-corrected chi connectivity index (χ3v) is 3.44. The summed E-state index contributed by atoms with van der Waals surface area (Å²) >= 11 is 0. The third kappa shape index (κ3) is 3.55. The van der Waals surface area contributed by atoms with E-state index in [0.717, 1.165) is 12.2 Å². The number of rotatable bonds is 5. The third-order valence-electron chi connectivity index (χ3n) is 3.44. The number of hydrogen-bond donors (Lipinski definition) is 1. The zero-order chi connectivity index (χ0) is 13.7. The Morgan fingerprint density at radius 3 is 2.32 bits per heavy atom. The lowest BCUT2D eigenvalue weighted by molar-refractivity contribution is 0.204. The minimum absolute atomic E-state index is 0.171. The van der Waals surface area contributed by atoms with Gasteiger partial charge in [0.05, 0.1) is 5.66 Å². The van der Waals surface area contributed by atoms with E-state index in [1.807, 2.05) is 24.3 Å². The van der Waals surface area contributed by atoms with Gasteiger partial charge in [0, 0.05) is 12.6 Å². The molecule has 100 valence electrons.